The van der Waals surface area contributed by atoms with Crippen molar-refractivity contribution in [2.45, 2.75) is 24.4 Å². The summed E-state index contributed by atoms with van der Waals surface area (Å²) in [6, 6.07) is 0. The highest BCUT2D eigenvalue weighted by molar-refractivity contribution is 6.11. The van der Waals surface area contributed by atoms with Gasteiger partial charge in [-0.15, -0.1) is 0 Å². The first-order valence-corrected chi connectivity index (χ1v) is 6.31. The summed E-state index contributed by atoms with van der Waals surface area (Å²) in [6.45, 7) is -0.387. The third-order valence-electron chi connectivity index (χ3n) is 3.75. The second-order valence-corrected chi connectivity index (χ2v) is 5.03. The van der Waals surface area contributed by atoms with E-state index in [1.54, 1.807) is 18.2 Å². The predicted molar refractivity (Wildman–Crippen MR) is 69.3 cm³/mol. The molecule has 1 fully saturated rings. The Kier molecular flexibility index (Phi) is 3.10. The summed E-state index contributed by atoms with van der Waals surface area (Å²) >= 11 is 0. The van der Waals surface area contributed by atoms with E-state index >= 15 is 0 Å². The fourth-order valence-corrected chi connectivity index (χ4v) is 2.73. The summed E-state index contributed by atoms with van der Waals surface area (Å²) in [5.41, 5.74) is 7.69. The maximum Gasteiger partial charge on any atom is 0.188 e. The summed E-state index contributed by atoms with van der Waals surface area (Å²) in [5, 5.41) is 28.9. The van der Waals surface area contributed by atoms with Gasteiger partial charge < -0.3 is 25.8 Å². The maximum atomic E-state index is 11.8. The molecule has 3 aliphatic rings. The molecule has 0 aromatic rings. The van der Waals surface area contributed by atoms with Crippen LogP contribution in [0.25, 0.3) is 0 Å². The molecule has 0 spiro atoms. The fourth-order valence-electron chi connectivity index (χ4n) is 2.73. The van der Waals surface area contributed by atoms with Crippen molar-refractivity contribution in [3.8, 4) is 0 Å². The van der Waals surface area contributed by atoms with Crippen LogP contribution in [-0.2, 0) is 9.53 Å². The molecule has 0 unspecified atom stereocenters. The quantitative estimate of drug-likeness (QED) is 0.498. The SMILES string of the molecule is NC1=CC(=O)C2=CC=C([C@@H]3O[C@H](CO)[C@@H](O)[C@H]3O)C2=C1. The van der Waals surface area contributed by atoms with E-state index in [9.17, 15) is 15.0 Å². The van der Waals surface area contributed by atoms with E-state index in [0.717, 1.165) is 0 Å². The first kappa shape index (κ1) is 13.3. The molecule has 5 N–H and O–H groups in total. The third kappa shape index (κ3) is 1.85. The Morgan fingerprint density at radius 2 is 1.90 bits per heavy atom. The fraction of sp³-hybridized carbons (Fsp3) is 0.357. The number of hydrogen-bond donors (Lipinski definition) is 4. The van der Waals surface area contributed by atoms with E-state index in [-0.39, 0.29) is 12.4 Å². The number of carbonyl (C=O) groups excluding carboxylic acids is 1. The molecule has 20 heavy (non-hydrogen) atoms. The Hall–Kier alpha value is -1.73. The van der Waals surface area contributed by atoms with Crippen molar-refractivity contribution < 1.29 is 24.9 Å². The molecule has 3 rings (SSSR count). The minimum Gasteiger partial charge on any atom is -0.399 e. The zero-order valence-corrected chi connectivity index (χ0v) is 10.6. The van der Waals surface area contributed by atoms with Gasteiger partial charge in [-0.1, -0.05) is 12.2 Å². The van der Waals surface area contributed by atoms with Crippen molar-refractivity contribution in [3.63, 3.8) is 0 Å². The van der Waals surface area contributed by atoms with E-state index in [2.05, 4.69) is 0 Å². The molecule has 0 radical (unpaired) electrons. The molecule has 0 saturated carbocycles. The van der Waals surface area contributed by atoms with Gasteiger partial charge in [0.15, 0.2) is 5.78 Å². The van der Waals surface area contributed by atoms with Crippen LogP contribution in [-0.4, -0.2) is 52.1 Å². The Labute approximate surface area is 115 Å². The largest absolute Gasteiger partial charge is 0.399 e. The first-order valence-electron chi connectivity index (χ1n) is 6.31. The lowest BCUT2D eigenvalue weighted by atomic mass is 9.90. The Bertz CT molecular complexity index is 586. The lowest BCUT2D eigenvalue weighted by Gasteiger charge is -2.20. The van der Waals surface area contributed by atoms with Crippen LogP contribution in [0.5, 0.6) is 0 Å². The third-order valence-corrected chi connectivity index (χ3v) is 3.75. The molecule has 6 nitrogen and oxygen atoms in total. The molecule has 0 bridgehead atoms. The standard InChI is InChI=1S/C14H15NO5/c15-6-3-9-7(10(17)4-6)1-2-8(9)14-13(19)12(18)11(5-16)20-14/h1-4,11-14,16,18-19H,5,15H2/t11-,12-,13-,14+/m1/s1. The Morgan fingerprint density at radius 1 is 1.15 bits per heavy atom. The number of aliphatic hydroxyl groups is 3. The van der Waals surface area contributed by atoms with Crippen LogP contribution in [0.3, 0.4) is 0 Å². The van der Waals surface area contributed by atoms with Gasteiger partial charge in [-0.2, -0.15) is 0 Å². The summed E-state index contributed by atoms with van der Waals surface area (Å²) in [7, 11) is 0. The average Bonchev–Trinajstić information content (AvgIpc) is 2.93. The van der Waals surface area contributed by atoms with E-state index in [1.165, 1.54) is 6.08 Å². The summed E-state index contributed by atoms with van der Waals surface area (Å²) in [5.74, 6) is -0.196. The second-order valence-electron chi connectivity index (χ2n) is 5.03. The van der Waals surface area contributed by atoms with Crippen LogP contribution in [0, 0.1) is 0 Å². The van der Waals surface area contributed by atoms with Crippen LogP contribution in [0.4, 0.5) is 0 Å². The molecule has 0 aromatic heterocycles. The van der Waals surface area contributed by atoms with Gasteiger partial charge in [0, 0.05) is 17.3 Å². The number of hydrogen-bond acceptors (Lipinski definition) is 6. The zero-order valence-electron chi connectivity index (χ0n) is 10.6. The monoisotopic (exact) mass is 277 g/mol. The number of aliphatic hydroxyl groups excluding tert-OH is 3. The highest BCUT2D eigenvalue weighted by atomic mass is 16.6. The van der Waals surface area contributed by atoms with Gasteiger partial charge in [-0.3, -0.25) is 4.79 Å². The van der Waals surface area contributed by atoms with Crippen LogP contribution in [0.2, 0.25) is 0 Å². The Balaban J connectivity index is 1.91. The molecule has 0 aromatic carbocycles. The number of nitrogens with two attached hydrogens (primary N) is 1. The van der Waals surface area contributed by atoms with Gasteiger partial charge in [0.1, 0.15) is 24.4 Å². The smallest absolute Gasteiger partial charge is 0.188 e. The van der Waals surface area contributed by atoms with E-state index < -0.39 is 24.4 Å². The van der Waals surface area contributed by atoms with Crippen molar-refractivity contribution in [3.05, 3.63) is 46.7 Å². The van der Waals surface area contributed by atoms with Crippen molar-refractivity contribution in [1.29, 1.82) is 0 Å². The molecule has 0 amide bonds. The molecule has 1 aliphatic heterocycles. The number of allylic oxidation sites excluding steroid dienone is 5. The van der Waals surface area contributed by atoms with Crippen LogP contribution in [0.15, 0.2) is 46.7 Å². The second kappa shape index (κ2) is 4.68. The molecule has 4 atom stereocenters. The molecular weight excluding hydrogens is 262 g/mol. The minimum atomic E-state index is -1.16. The molecule has 106 valence electrons. The first-order chi connectivity index (χ1) is 9.52. The van der Waals surface area contributed by atoms with Gasteiger partial charge in [0.2, 0.25) is 0 Å². The lowest BCUT2D eigenvalue weighted by molar-refractivity contribution is -0.111. The zero-order chi connectivity index (χ0) is 14.4. The van der Waals surface area contributed by atoms with Crippen molar-refractivity contribution >= 4 is 5.78 Å². The van der Waals surface area contributed by atoms with E-state index in [1.807, 2.05) is 0 Å². The summed E-state index contributed by atoms with van der Waals surface area (Å²) < 4.78 is 5.47. The molecule has 1 heterocycles. The topological polar surface area (TPSA) is 113 Å². The highest BCUT2D eigenvalue weighted by Gasteiger charge is 2.45. The number of fused-ring (bicyclic) bond motifs is 1. The number of carbonyl (C=O) groups is 1. The molecular formula is C14H15NO5. The lowest BCUT2D eigenvalue weighted by Crippen LogP contribution is -2.34. The molecule has 2 aliphatic carbocycles. The van der Waals surface area contributed by atoms with Crippen LogP contribution < -0.4 is 5.73 Å². The number of rotatable bonds is 2. The van der Waals surface area contributed by atoms with Crippen molar-refractivity contribution in [2.75, 3.05) is 6.61 Å². The highest BCUT2D eigenvalue weighted by Crippen LogP contribution is 2.38. The molecule has 1 saturated heterocycles. The summed E-state index contributed by atoms with van der Waals surface area (Å²) in [6.07, 6.45) is 2.34. The van der Waals surface area contributed by atoms with Crippen molar-refractivity contribution in [1.82, 2.24) is 0 Å². The average molecular weight is 277 g/mol. The number of ketones is 1. The van der Waals surface area contributed by atoms with Crippen molar-refractivity contribution in [2.24, 2.45) is 5.73 Å². The van der Waals surface area contributed by atoms with Gasteiger partial charge in [-0.25, -0.2) is 0 Å². The predicted octanol–water partition coefficient (Wildman–Crippen LogP) is -1.31. The van der Waals surface area contributed by atoms with Crippen LogP contribution >= 0.6 is 0 Å². The maximum absolute atomic E-state index is 11.8. The van der Waals surface area contributed by atoms with Gasteiger partial charge in [-0.05, 0) is 17.2 Å². The number of ether oxygens (including phenoxy) is 1. The minimum absolute atomic E-state index is 0.196. The van der Waals surface area contributed by atoms with Gasteiger partial charge in [0.05, 0.1) is 6.61 Å². The van der Waals surface area contributed by atoms with Gasteiger partial charge >= 0.3 is 0 Å². The van der Waals surface area contributed by atoms with E-state index in [0.29, 0.717) is 22.4 Å². The van der Waals surface area contributed by atoms with Gasteiger partial charge in [0.25, 0.3) is 0 Å². The van der Waals surface area contributed by atoms with E-state index in [4.69, 9.17) is 15.6 Å². The van der Waals surface area contributed by atoms with Crippen LogP contribution in [0.1, 0.15) is 0 Å². The summed E-state index contributed by atoms with van der Waals surface area (Å²) in [4.78, 5) is 11.8. The Morgan fingerprint density at radius 3 is 2.55 bits per heavy atom. The normalized spacial score (nSPS) is 36.2. The molecule has 6 heteroatoms.